The largest absolute Gasteiger partial charge is 0.444 e. The number of nitrogens with one attached hydrogen (secondary N) is 1. The lowest BCUT2D eigenvalue weighted by atomic mass is 10.1. The minimum absolute atomic E-state index is 0.0227. The fourth-order valence-electron chi connectivity index (χ4n) is 5.83. The van der Waals surface area contributed by atoms with Crippen molar-refractivity contribution < 1.29 is 19.0 Å². The van der Waals surface area contributed by atoms with E-state index in [1.54, 1.807) is 6.33 Å². The minimum atomic E-state index is -1.20. The maximum absolute atomic E-state index is 12.9. The number of hydrogen-bond acceptors (Lipinski definition) is 10. The lowest BCUT2D eigenvalue weighted by Gasteiger charge is -2.45. The van der Waals surface area contributed by atoms with E-state index in [0.29, 0.717) is 52.0 Å². The van der Waals surface area contributed by atoms with Crippen molar-refractivity contribution in [1.82, 2.24) is 29.6 Å². The average Bonchev–Trinajstić information content (AvgIpc) is 3.36. The molecular weight excluding hydrogens is 601 g/mol. The molecule has 0 radical (unpaired) electrons. The third kappa shape index (κ3) is 8.42. The van der Waals surface area contributed by atoms with E-state index in [0.717, 1.165) is 46.3 Å². The first-order valence-corrected chi connectivity index (χ1v) is 20.0. The Morgan fingerprint density at radius 1 is 1.13 bits per heavy atom. The zero-order chi connectivity index (χ0) is 33.1. The number of fused-ring (bicyclic) bond motifs is 1. The van der Waals surface area contributed by atoms with Gasteiger partial charge >= 0.3 is 6.09 Å². The quantitative estimate of drug-likeness (QED) is 0.214. The SMILES string of the molecule is C[C@@H]1CN(c2cccc(CNc3ncnc4c3c(C3=CCOCC3)nn4COCC[Si](C)(C)C)n2)C[C@H](C)N1C(=O)OC(C)(C)C. The van der Waals surface area contributed by atoms with Crippen molar-refractivity contribution in [2.24, 2.45) is 0 Å². The predicted molar refractivity (Wildman–Crippen MR) is 184 cm³/mol. The van der Waals surface area contributed by atoms with Gasteiger partial charge in [0.05, 0.1) is 42.9 Å². The Labute approximate surface area is 273 Å². The van der Waals surface area contributed by atoms with Crippen LogP contribution in [0, 0.1) is 0 Å². The van der Waals surface area contributed by atoms with Crippen molar-refractivity contribution in [2.75, 3.05) is 43.1 Å². The fourth-order valence-corrected chi connectivity index (χ4v) is 6.59. The van der Waals surface area contributed by atoms with E-state index in [4.69, 9.17) is 24.3 Å². The molecule has 0 aromatic carbocycles. The van der Waals surface area contributed by atoms with Crippen LogP contribution in [0.2, 0.25) is 25.7 Å². The Hall–Kier alpha value is -3.55. The molecule has 12 nitrogen and oxygen atoms in total. The van der Waals surface area contributed by atoms with Gasteiger partial charge in [-0.3, -0.25) is 4.90 Å². The molecule has 1 fully saturated rings. The van der Waals surface area contributed by atoms with Crippen LogP contribution in [0.25, 0.3) is 16.6 Å². The number of piperazine rings is 1. The molecule has 0 saturated carbocycles. The standard InChI is InChI=1S/C33H50N8O4Si/c1-23-19-39(20-24(2)41(23)32(42)45-33(3,4)5)27-11-9-10-26(37-27)18-34-30-28-29(25-12-14-43-15-13-25)38-40(31(28)36-21-35-30)22-44-16-17-46(6,7)8/h9-12,21,23-24H,13-20,22H2,1-8H3,(H,34,35,36)/t23-,24+. The topological polar surface area (TPSA) is 120 Å². The molecule has 3 aromatic heterocycles. The van der Waals surface area contributed by atoms with E-state index in [1.807, 2.05) is 48.6 Å². The van der Waals surface area contributed by atoms with Crippen molar-refractivity contribution in [3.05, 3.63) is 42.0 Å². The number of ether oxygens (including phenoxy) is 3. The smallest absolute Gasteiger partial charge is 0.410 e. The van der Waals surface area contributed by atoms with Gasteiger partial charge in [-0.05, 0) is 64.8 Å². The molecule has 2 aliphatic heterocycles. The van der Waals surface area contributed by atoms with Crippen LogP contribution < -0.4 is 10.2 Å². The first kappa shape index (κ1) is 33.8. The molecule has 3 aromatic rings. The van der Waals surface area contributed by atoms with Gasteiger partial charge in [0.15, 0.2) is 5.65 Å². The molecule has 1 N–H and O–H groups in total. The lowest BCUT2D eigenvalue weighted by Crippen LogP contribution is -2.59. The summed E-state index contributed by atoms with van der Waals surface area (Å²) in [7, 11) is -1.20. The number of nitrogens with zero attached hydrogens (tertiary/aromatic N) is 7. The second kappa shape index (κ2) is 14.1. The van der Waals surface area contributed by atoms with E-state index in [2.05, 4.69) is 59.7 Å². The molecule has 250 valence electrons. The van der Waals surface area contributed by atoms with Gasteiger partial charge < -0.3 is 24.4 Å². The second-order valence-electron chi connectivity index (χ2n) is 14.5. The minimum Gasteiger partial charge on any atom is -0.444 e. The molecule has 13 heteroatoms. The summed E-state index contributed by atoms with van der Waals surface area (Å²) in [6.07, 6.45) is 4.17. The Kier molecular flexibility index (Phi) is 10.3. The maximum Gasteiger partial charge on any atom is 0.410 e. The summed E-state index contributed by atoms with van der Waals surface area (Å²) in [5.41, 5.74) is 3.08. The van der Waals surface area contributed by atoms with Crippen LogP contribution >= 0.6 is 0 Å². The van der Waals surface area contributed by atoms with Crippen molar-refractivity contribution in [2.45, 2.75) is 97.7 Å². The molecular formula is C33H50N8O4Si. The van der Waals surface area contributed by atoms with Gasteiger partial charge in [0.25, 0.3) is 0 Å². The van der Waals surface area contributed by atoms with Crippen LogP contribution in [0.5, 0.6) is 0 Å². The average molecular weight is 651 g/mol. The van der Waals surface area contributed by atoms with Gasteiger partial charge in [-0.2, -0.15) is 5.10 Å². The number of amides is 1. The van der Waals surface area contributed by atoms with Gasteiger partial charge in [0, 0.05) is 27.8 Å². The van der Waals surface area contributed by atoms with E-state index in [-0.39, 0.29) is 18.2 Å². The summed E-state index contributed by atoms with van der Waals surface area (Å²) in [4.78, 5) is 31.3. The highest BCUT2D eigenvalue weighted by molar-refractivity contribution is 6.76. The Balaban J connectivity index is 1.32. The molecule has 46 heavy (non-hydrogen) atoms. The number of carbonyl (C=O) groups excluding carboxylic acids is 1. The Morgan fingerprint density at radius 2 is 1.89 bits per heavy atom. The van der Waals surface area contributed by atoms with Crippen LogP contribution in [0.15, 0.2) is 30.6 Å². The highest BCUT2D eigenvalue weighted by Crippen LogP contribution is 2.32. The van der Waals surface area contributed by atoms with Crippen molar-refractivity contribution in [1.29, 1.82) is 0 Å². The van der Waals surface area contributed by atoms with Crippen LogP contribution in [0.4, 0.5) is 16.4 Å². The zero-order valence-corrected chi connectivity index (χ0v) is 29.7. The van der Waals surface area contributed by atoms with Gasteiger partial charge in [0.1, 0.15) is 36.0 Å². The van der Waals surface area contributed by atoms with Crippen LogP contribution in [0.3, 0.4) is 0 Å². The Morgan fingerprint density at radius 3 is 2.57 bits per heavy atom. The molecule has 0 bridgehead atoms. The van der Waals surface area contributed by atoms with Crippen molar-refractivity contribution >= 4 is 42.4 Å². The third-order valence-corrected chi connectivity index (χ3v) is 9.79. The monoisotopic (exact) mass is 650 g/mol. The van der Waals surface area contributed by atoms with Crippen molar-refractivity contribution in [3.63, 3.8) is 0 Å². The number of carbonyl (C=O) groups is 1. The maximum atomic E-state index is 12.9. The highest BCUT2D eigenvalue weighted by atomic mass is 28.3. The Bertz CT molecular complexity index is 1530. The lowest BCUT2D eigenvalue weighted by molar-refractivity contribution is 0.00559. The molecule has 0 unspecified atom stereocenters. The number of aromatic nitrogens is 5. The fraction of sp³-hybridized carbons (Fsp3) is 0.606. The van der Waals surface area contributed by atoms with E-state index in [9.17, 15) is 4.79 Å². The molecule has 2 atom stereocenters. The molecule has 1 saturated heterocycles. The number of rotatable bonds is 10. The summed E-state index contributed by atoms with van der Waals surface area (Å²) in [5, 5.41) is 9.37. The zero-order valence-electron chi connectivity index (χ0n) is 28.7. The van der Waals surface area contributed by atoms with Gasteiger partial charge in [0.2, 0.25) is 0 Å². The van der Waals surface area contributed by atoms with Crippen LogP contribution in [0.1, 0.15) is 52.4 Å². The van der Waals surface area contributed by atoms with E-state index in [1.165, 1.54) is 0 Å². The normalized spacial score (nSPS) is 19.3. The molecule has 0 spiro atoms. The molecule has 0 aliphatic carbocycles. The summed E-state index contributed by atoms with van der Waals surface area (Å²) >= 11 is 0. The summed E-state index contributed by atoms with van der Waals surface area (Å²) in [6.45, 7) is 20.9. The first-order chi connectivity index (χ1) is 21.8. The molecule has 2 aliphatic rings. The molecule has 5 rings (SSSR count). The van der Waals surface area contributed by atoms with Crippen LogP contribution in [-0.2, 0) is 27.5 Å². The number of pyridine rings is 1. The van der Waals surface area contributed by atoms with Gasteiger partial charge in [-0.1, -0.05) is 31.8 Å². The first-order valence-electron chi connectivity index (χ1n) is 16.3. The highest BCUT2D eigenvalue weighted by Gasteiger charge is 2.36. The summed E-state index contributed by atoms with van der Waals surface area (Å²) in [5.74, 6) is 1.59. The summed E-state index contributed by atoms with van der Waals surface area (Å²) < 4.78 is 19.2. The van der Waals surface area contributed by atoms with Gasteiger partial charge in [-0.15, -0.1) is 0 Å². The number of hydrogen-bond donors (Lipinski definition) is 1. The van der Waals surface area contributed by atoms with E-state index >= 15 is 0 Å². The number of anilines is 2. The predicted octanol–water partition coefficient (Wildman–Crippen LogP) is 5.78. The molecule has 1 amide bonds. The molecule has 5 heterocycles. The van der Waals surface area contributed by atoms with Crippen LogP contribution in [-0.4, -0.2) is 94.4 Å². The third-order valence-electron chi connectivity index (χ3n) is 8.08. The van der Waals surface area contributed by atoms with Crippen molar-refractivity contribution in [3.8, 4) is 0 Å². The second-order valence-corrected chi connectivity index (χ2v) is 20.1. The summed E-state index contributed by atoms with van der Waals surface area (Å²) in [6, 6.07) is 7.11. The van der Waals surface area contributed by atoms with E-state index < -0.39 is 13.7 Å². The van der Waals surface area contributed by atoms with Gasteiger partial charge in [-0.25, -0.2) is 24.4 Å².